The molecule has 0 unspecified atom stereocenters. The Morgan fingerprint density at radius 2 is 1.91 bits per heavy atom. The quantitative estimate of drug-likeness (QED) is 0.799. The maximum absolute atomic E-state index is 11.9. The molecule has 0 aliphatic carbocycles. The second-order valence-electron chi connectivity index (χ2n) is 4.99. The summed E-state index contributed by atoms with van der Waals surface area (Å²) in [6, 6.07) is 7.36. The van der Waals surface area contributed by atoms with Crippen LogP contribution in [0.5, 0.6) is 0 Å². The van der Waals surface area contributed by atoms with Crippen molar-refractivity contribution in [1.82, 2.24) is 15.4 Å². The van der Waals surface area contributed by atoms with Gasteiger partial charge in [0.1, 0.15) is 5.76 Å². The van der Waals surface area contributed by atoms with Gasteiger partial charge in [-0.05, 0) is 44.0 Å². The molecule has 0 atom stereocenters. The predicted octanol–water partition coefficient (Wildman–Crippen LogP) is 2.90. The van der Waals surface area contributed by atoms with Crippen molar-refractivity contribution in [3.05, 3.63) is 46.8 Å². The van der Waals surface area contributed by atoms with Crippen LogP contribution in [0.25, 0.3) is 11.5 Å². The van der Waals surface area contributed by atoms with Gasteiger partial charge in [0.25, 0.3) is 5.91 Å². The number of amides is 1. The molecule has 0 saturated heterocycles. The first-order valence-corrected chi connectivity index (χ1v) is 6.69. The molecule has 112 valence electrons. The summed E-state index contributed by atoms with van der Waals surface area (Å²) in [6.45, 7) is 5.73. The fourth-order valence-electron chi connectivity index (χ4n) is 1.90. The molecule has 22 heavy (non-hydrogen) atoms. The van der Waals surface area contributed by atoms with Gasteiger partial charge in [0.05, 0.1) is 0 Å². The number of aromatic nitrogens is 3. The Kier molecular flexibility index (Phi) is 3.46. The normalized spacial score (nSPS) is 10.7. The van der Waals surface area contributed by atoms with E-state index in [2.05, 4.69) is 20.7 Å². The monoisotopic (exact) mass is 298 g/mol. The number of nitrogens with one attached hydrogen (secondary N) is 1. The lowest BCUT2D eigenvalue weighted by Gasteiger charge is -2.01. The van der Waals surface area contributed by atoms with Gasteiger partial charge in [-0.3, -0.25) is 10.1 Å². The highest BCUT2D eigenvalue weighted by molar-refractivity contribution is 6.01. The highest BCUT2D eigenvalue weighted by Gasteiger charge is 2.15. The summed E-state index contributed by atoms with van der Waals surface area (Å²) in [5.74, 6) is 0.424. The highest BCUT2D eigenvalue weighted by atomic mass is 16.5. The second-order valence-corrected chi connectivity index (χ2v) is 4.99. The van der Waals surface area contributed by atoms with Crippen LogP contribution in [-0.2, 0) is 0 Å². The molecule has 0 radical (unpaired) electrons. The highest BCUT2D eigenvalue weighted by Crippen LogP contribution is 2.22. The van der Waals surface area contributed by atoms with E-state index in [1.807, 2.05) is 32.0 Å². The van der Waals surface area contributed by atoms with Crippen LogP contribution in [0.3, 0.4) is 0 Å². The maximum Gasteiger partial charge on any atom is 0.322 e. The molecule has 0 aliphatic heterocycles. The summed E-state index contributed by atoms with van der Waals surface area (Å²) in [4.78, 5) is 11.9. The molecule has 0 bridgehead atoms. The van der Waals surface area contributed by atoms with Gasteiger partial charge >= 0.3 is 6.01 Å². The van der Waals surface area contributed by atoms with Gasteiger partial charge in [-0.2, -0.15) is 0 Å². The van der Waals surface area contributed by atoms with Crippen LogP contribution >= 0.6 is 0 Å². The number of carbonyl (C=O) groups excluding carboxylic acids is 1. The smallest absolute Gasteiger partial charge is 0.322 e. The molecule has 2 aromatic heterocycles. The molecule has 2 heterocycles. The number of hydrogen-bond donors (Lipinski definition) is 1. The molecule has 0 fully saturated rings. The van der Waals surface area contributed by atoms with Crippen molar-refractivity contribution in [3.63, 3.8) is 0 Å². The molecule has 7 heteroatoms. The van der Waals surface area contributed by atoms with E-state index in [1.165, 1.54) is 11.6 Å². The number of nitrogens with zero attached hydrogens (tertiary/aromatic N) is 3. The third-order valence-corrected chi connectivity index (χ3v) is 3.26. The first kappa shape index (κ1) is 14.0. The van der Waals surface area contributed by atoms with Gasteiger partial charge in [-0.15, -0.1) is 5.10 Å². The SMILES string of the molecule is Cc1cc(C(=O)Nc2nnc(-c3ccc(C)c(C)c3)o2)no1. The zero-order chi connectivity index (χ0) is 15.7. The van der Waals surface area contributed by atoms with E-state index in [4.69, 9.17) is 8.94 Å². The van der Waals surface area contributed by atoms with Crippen LogP contribution in [0.15, 0.2) is 33.2 Å². The van der Waals surface area contributed by atoms with E-state index in [0.717, 1.165) is 11.1 Å². The van der Waals surface area contributed by atoms with E-state index in [0.29, 0.717) is 11.7 Å². The first-order valence-electron chi connectivity index (χ1n) is 6.69. The van der Waals surface area contributed by atoms with E-state index < -0.39 is 5.91 Å². The van der Waals surface area contributed by atoms with Crippen LogP contribution in [0.2, 0.25) is 0 Å². The zero-order valence-electron chi connectivity index (χ0n) is 12.4. The second kappa shape index (κ2) is 5.44. The number of aryl methyl sites for hydroxylation is 3. The van der Waals surface area contributed by atoms with Gasteiger partial charge in [0, 0.05) is 11.6 Å². The molecule has 7 nitrogen and oxygen atoms in total. The molecular weight excluding hydrogens is 284 g/mol. The lowest BCUT2D eigenvalue weighted by molar-refractivity contribution is 0.101. The Balaban J connectivity index is 1.78. The van der Waals surface area contributed by atoms with Crippen molar-refractivity contribution in [1.29, 1.82) is 0 Å². The fourth-order valence-corrected chi connectivity index (χ4v) is 1.90. The van der Waals surface area contributed by atoms with Crippen molar-refractivity contribution >= 4 is 11.9 Å². The molecule has 3 rings (SSSR count). The van der Waals surface area contributed by atoms with Crippen LogP contribution < -0.4 is 5.32 Å². The van der Waals surface area contributed by atoms with E-state index >= 15 is 0 Å². The molecule has 0 saturated carbocycles. The number of carbonyl (C=O) groups is 1. The Morgan fingerprint density at radius 1 is 1.09 bits per heavy atom. The summed E-state index contributed by atoms with van der Waals surface area (Å²) >= 11 is 0. The Morgan fingerprint density at radius 3 is 2.59 bits per heavy atom. The van der Waals surface area contributed by atoms with Crippen molar-refractivity contribution in [3.8, 4) is 11.5 Å². The lowest BCUT2D eigenvalue weighted by Crippen LogP contribution is -2.12. The third kappa shape index (κ3) is 2.73. The fraction of sp³-hybridized carbons (Fsp3) is 0.200. The molecule has 0 spiro atoms. The molecular formula is C15H14N4O3. The topological polar surface area (TPSA) is 94.1 Å². The Hall–Kier alpha value is -2.96. The average molecular weight is 298 g/mol. The van der Waals surface area contributed by atoms with Gasteiger partial charge in [-0.1, -0.05) is 16.3 Å². The average Bonchev–Trinajstić information content (AvgIpc) is 3.11. The lowest BCUT2D eigenvalue weighted by atomic mass is 10.1. The van der Waals surface area contributed by atoms with Crippen LogP contribution in [0.1, 0.15) is 27.4 Å². The predicted molar refractivity (Wildman–Crippen MR) is 78.4 cm³/mol. The molecule has 1 aromatic carbocycles. The van der Waals surface area contributed by atoms with Crippen molar-refractivity contribution < 1.29 is 13.7 Å². The van der Waals surface area contributed by atoms with Crippen molar-refractivity contribution in [2.24, 2.45) is 0 Å². The first-order chi connectivity index (χ1) is 10.5. The van der Waals surface area contributed by atoms with Crippen LogP contribution in [0, 0.1) is 20.8 Å². The van der Waals surface area contributed by atoms with Crippen LogP contribution in [-0.4, -0.2) is 21.3 Å². The Labute approximate surface area is 126 Å². The number of anilines is 1. The number of hydrogen-bond acceptors (Lipinski definition) is 6. The number of benzene rings is 1. The van der Waals surface area contributed by atoms with E-state index in [-0.39, 0.29) is 11.7 Å². The Bertz CT molecular complexity index is 835. The molecule has 0 aliphatic rings. The van der Waals surface area contributed by atoms with Gasteiger partial charge in [0.15, 0.2) is 5.69 Å². The van der Waals surface area contributed by atoms with E-state index in [9.17, 15) is 4.79 Å². The summed E-state index contributed by atoms with van der Waals surface area (Å²) in [5, 5.41) is 13.9. The summed E-state index contributed by atoms with van der Waals surface area (Å²) in [7, 11) is 0. The zero-order valence-corrected chi connectivity index (χ0v) is 12.4. The largest absolute Gasteiger partial charge is 0.403 e. The summed E-state index contributed by atoms with van der Waals surface area (Å²) in [5.41, 5.74) is 3.26. The van der Waals surface area contributed by atoms with Crippen LogP contribution in [0.4, 0.5) is 6.01 Å². The third-order valence-electron chi connectivity index (χ3n) is 3.26. The van der Waals surface area contributed by atoms with Gasteiger partial charge < -0.3 is 8.94 Å². The van der Waals surface area contributed by atoms with Gasteiger partial charge in [-0.25, -0.2) is 0 Å². The van der Waals surface area contributed by atoms with E-state index in [1.54, 1.807) is 6.92 Å². The minimum atomic E-state index is -0.466. The summed E-state index contributed by atoms with van der Waals surface area (Å²) in [6.07, 6.45) is 0. The minimum absolute atomic E-state index is 0.0129. The van der Waals surface area contributed by atoms with Crippen molar-refractivity contribution in [2.45, 2.75) is 20.8 Å². The maximum atomic E-state index is 11.9. The summed E-state index contributed by atoms with van der Waals surface area (Å²) < 4.78 is 10.3. The minimum Gasteiger partial charge on any atom is -0.403 e. The molecule has 3 aromatic rings. The number of rotatable bonds is 3. The molecule has 1 N–H and O–H groups in total. The van der Waals surface area contributed by atoms with Crippen molar-refractivity contribution in [2.75, 3.05) is 5.32 Å². The standard InChI is InChI=1S/C15H14N4O3/c1-8-4-5-11(6-9(8)2)14-17-18-15(21-14)16-13(20)12-7-10(3)22-19-12/h4-7H,1-3H3,(H,16,18,20). The molecule has 1 amide bonds. The van der Waals surface area contributed by atoms with Gasteiger partial charge in [0.2, 0.25) is 5.89 Å².